The van der Waals surface area contributed by atoms with Crippen molar-refractivity contribution < 1.29 is 14.3 Å². The van der Waals surface area contributed by atoms with E-state index < -0.39 is 14.6 Å². The molecule has 0 aromatic carbocycles. The molecule has 1 unspecified atom stereocenters. The Morgan fingerprint density at radius 2 is 1.90 bits per heavy atom. The van der Waals surface area contributed by atoms with E-state index in [4.69, 9.17) is 9.16 Å². The fraction of sp³-hybridized carbons (Fsp3) is 0.875. The van der Waals surface area contributed by atoms with E-state index in [0.29, 0.717) is 0 Å². The molecule has 2 aliphatic rings. The van der Waals surface area contributed by atoms with E-state index in [1.165, 1.54) is 0 Å². The zero-order valence-corrected chi connectivity index (χ0v) is 15.0. The first-order chi connectivity index (χ1) is 8.88. The topological polar surface area (TPSA) is 38.7 Å². The summed E-state index contributed by atoms with van der Waals surface area (Å²) in [6.45, 7) is 19.8. The van der Waals surface area contributed by atoms with E-state index in [9.17, 15) is 5.11 Å². The zero-order chi connectivity index (χ0) is 15.5. The van der Waals surface area contributed by atoms with Gasteiger partial charge in [-0.3, -0.25) is 0 Å². The maximum absolute atomic E-state index is 10.2. The van der Waals surface area contributed by atoms with E-state index in [1.807, 2.05) is 0 Å². The normalized spacial score (nSPS) is 37.3. The molecule has 1 aliphatic carbocycles. The number of aliphatic hydroxyl groups excluding tert-OH is 1. The minimum Gasteiger partial charge on any atom is -0.410 e. The van der Waals surface area contributed by atoms with Gasteiger partial charge in [-0.15, -0.1) is 0 Å². The Balaban J connectivity index is 2.20. The van der Waals surface area contributed by atoms with Crippen molar-refractivity contribution in [3.05, 3.63) is 12.2 Å². The molecular weight excluding hydrogens is 268 g/mol. The third-order valence-corrected chi connectivity index (χ3v) is 10.2. The summed E-state index contributed by atoms with van der Waals surface area (Å²) in [7, 11) is -1.83. The molecule has 0 amide bonds. The van der Waals surface area contributed by atoms with Crippen LogP contribution in [0.5, 0.6) is 0 Å². The molecule has 2 bridgehead atoms. The highest BCUT2D eigenvalue weighted by molar-refractivity contribution is 6.74. The van der Waals surface area contributed by atoms with Crippen LogP contribution in [0.2, 0.25) is 18.1 Å². The standard InChI is InChI=1S/C16H30O3Si/c1-10-11(19-20(7,8)15(2,3)4)9-12-16(5,6)13(10)14(17)18-12/h11-14,17H,1,9H2,2-8H3/t11-,12-,13-,14?/m0/s1. The highest BCUT2D eigenvalue weighted by Gasteiger charge is 2.57. The van der Waals surface area contributed by atoms with Crippen molar-refractivity contribution in [1.82, 2.24) is 0 Å². The van der Waals surface area contributed by atoms with E-state index in [2.05, 4.69) is 54.3 Å². The number of hydrogen-bond acceptors (Lipinski definition) is 3. The molecule has 0 radical (unpaired) electrons. The lowest BCUT2D eigenvalue weighted by Crippen LogP contribution is -2.50. The third kappa shape index (κ3) is 2.41. The molecular formula is C16H30O3Si. The van der Waals surface area contributed by atoms with Gasteiger partial charge in [0, 0.05) is 17.8 Å². The van der Waals surface area contributed by atoms with Crippen LogP contribution in [-0.4, -0.2) is 31.9 Å². The maximum atomic E-state index is 10.2. The van der Waals surface area contributed by atoms with Crippen molar-refractivity contribution in [3.63, 3.8) is 0 Å². The van der Waals surface area contributed by atoms with Crippen LogP contribution >= 0.6 is 0 Å². The van der Waals surface area contributed by atoms with Crippen molar-refractivity contribution in [2.24, 2.45) is 11.3 Å². The molecule has 4 heteroatoms. The molecule has 116 valence electrons. The Hall–Kier alpha value is -0.163. The van der Waals surface area contributed by atoms with Crippen molar-refractivity contribution in [1.29, 1.82) is 0 Å². The van der Waals surface area contributed by atoms with Gasteiger partial charge in [0.15, 0.2) is 14.6 Å². The minimum atomic E-state index is -1.83. The lowest BCUT2D eigenvalue weighted by atomic mass is 9.66. The second-order valence-electron chi connectivity index (χ2n) is 8.49. The number of aliphatic hydroxyl groups is 1. The van der Waals surface area contributed by atoms with E-state index in [1.54, 1.807) is 0 Å². The molecule has 2 rings (SSSR count). The number of ether oxygens (including phenoxy) is 1. The van der Waals surface area contributed by atoms with Gasteiger partial charge in [0.05, 0.1) is 12.2 Å². The van der Waals surface area contributed by atoms with Crippen LogP contribution in [0, 0.1) is 11.3 Å². The van der Waals surface area contributed by atoms with Gasteiger partial charge in [-0.05, 0) is 23.7 Å². The Bertz CT molecular complexity index is 408. The number of hydrogen-bond donors (Lipinski definition) is 1. The summed E-state index contributed by atoms with van der Waals surface area (Å²) in [5, 5.41) is 10.3. The largest absolute Gasteiger partial charge is 0.410 e. The first-order valence-corrected chi connectivity index (χ1v) is 10.5. The Labute approximate surface area is 124 Å². The van der Waals surface area contributed by atoms with Gasteiger partial charge in [0.2, 0.25) is 0 Å². The molecule has 20 heavy (non-hydrogen) atoms. The minimum absolute atomic E-state index is 0.0176. The summed E-state index contributed by atoms with van der Waals surface area (Å²) < 4.78 is 12.3. The fourth-order valence-electron chi connectivity index (χ4n) is 3.21. The Kier molecular flexibility index (Phi) is 3.78. The number of fused-ring (bicyclic) bond motifs is 2. The average Bonchev–Trinajstić information content (AvgIpc) is 2.36. The maximum Gasteiger partial charge on any atom is 0.192 e. The molecule has 3 nitrogen and oxygen atoms in total. The van der Waals surface area contributed by atoms with Crippen LogP contribution in [0.4, 0.5) is 0 Å². The second kappa shape index (κ2) is 4.67. The van der Waals surface area contributed by atoms with Crippen LogP contribution < -0.4 is 0 Å². The molecule has 0 spiro atoms. The monoisotopic (exact) mass is 298 g/mol. The SMILES string of the molecule is C=C1[C@@H](O[Si](C)(C)C(C)(C)C)C[C@@H]2OC(O)[C@H]1C2(C)C. The lowest BCUT2D eigenvalue weighted by molar-refractivity contribution is -0.101. The van der Waals surface area contributed by atoms with Crippen molar-refractivity contribution in [3.8, 4) is 0 Å². The molecule has 1 heterocycles. The molecule has 2 fully saturated rings. The summed E-state index contributed by atoms with van der Waals surface area (Å²) in [6, 6.07) is 0. The van der Waals surface area contributed by atoms with E-state index in [0.717, 1.165) is 12.0 Å². The molecule has 1 N–H and O–H groups in total. The predicted octanol–water partition coefficient (Wildman–Crippen LogP) is 3.70. The molecule has 4 atom stereocenters. The van der Waals surface area contributed by atoms with Crippen LogP contribution in [0.25, 0.3) is 0 Å². The summed E-state index contributed by atoms with van der Waals surface area (Å²) in [6.07, 6.45) is 0.167. The predicted molar refractivity (Wildman–Crippen MR) is 84.0 cm³/mol. The summed E-state index contributed by atoms with van der Waals surface area (Å²) in [5.41, 5.74) is 0.963. The molecule has 1 saturated carbocycles. The highest BCUT2D eigenvalue weighted by atomic mass is 28.4. The lowest BCUT2D eigenvalue weighted by Gasteiger charge is -2.46. The van der Waals surface area contributed by atoms with Gasteiger partial charge in [-0.1, -0.05) is 41.2 Å². The Morgan fingerprint density at radius 1 is 1.35 bits per heavy atom. The van der Waals surface area contributed by atoms with Gasteiger partial charge >= 0.3 is 0 Å². The van der Waals surface area contributed by atoms with Crippen molar-refractivity contribution in [2.45, 2.75) is 77.7 Å². The molecule has 1 aliphatic heterocycles. The highest BCUT2D eigenvalue weighted by Crippen LogP contribution is 2.54. The van der Waals surface area contributed by atoms with Gasteiger partial charge in [0.1, 0.15) is 0 Å². The second-order valence-corrected chi connectivity index (χ2v) is 13.2. The molecule has 0 aromatic rings. The van der Waals surface area contributed by atoms with Crippen molar-refractivity contribution >= 4 is 8.32 Å². The summed E-state index contributed by atoms with van der Waals surface area (Å²) in [4.78, 5) is 0. The van der Waals surface area contributed by atoms with Gasteiger partial charge in [-0.25, -0.2) is 0 Å². The van der Waals surface area contributed by atoms with Crippen LogP contribution in [0.15, 0.2) is 12.2 Å². The summed E-state index contributed by atoms with van der Waals surface area (Å²) in [5.74, 6) is -0.0176. The number of rotatable bonds is 2. The van der Waals surface area contributed by atoms with Crippen molar-refractivity contribution in [2.75, 3.05) is 0 Å². The van der Waals surface area contributed by atoms with Gasteiger partial charge in [-0.2, -0.15) is 0 Å². The quantitative estimate of drug-likeness (QED) is 0.624. The third-order valence-electron chi connectivity index (χ3n) is 5.70. The van der Waals surface area contributed by atoms with Crippen LogP contribution in [0.1, 0.15) is 41.0 Å². The van der Waals surface area contributed by atoms with Crippen LogP contribution in [0.3, 0.4) is 0 Å². The zero-order valence-electron chi connectivity index (χ0n) is 14.0. The first-order valence-electron chi connectivity index (χ1n) is 7.58. The van der Waals surface area contributed by atoms with Gasteiger partial charge in [0.25, 0.3) is 0 Å². The molecule has 0 aromatic heterocycles. The van der Waals surface area contributed by atoms with E-state index in [-0.39, 0.29) is 28.6 Å². The van der Waals surface area contributed by atoms with Crippen LogP contribution in [-0.2, 0) is 9.16 Å². The average molecular weight is 298 g/mol. The first kappa shape index (κ1) is 16.2. The van der Waals surface area contributed by atoms with E-state index >= 15 is 0 Å². The molecule has 1 saturated heterocycles. The fourth-order valence-corrected chi connectivity index (χ4v) is 4.52. The smallest absolute Gasteiger partial charge is 0.192 e. The van der Waals surface area contributed by atoms with Gasteiger partial charge < -0.3 is 14.3 Å². The Morgan fingerprint density at radius 3 is 2.40 bits per heavy atom. The summed E-state index contributed by atoms with van der Waals surface area (Å²) >= 11 is 0.